The van der Waals surface area contributed by atoms with E-state index >= 15 is 0 Å². The summed E-state index contributed by atoms with van der Waals surface area (Å²) in [5.74, 6) is 0.550. The number of methoxy groups -OCH3 is 1. The average molecular weight is 190 g/mol. The molecule has 0 fully saturated rings. The molecule has 0 amide bonds. The summed E-state index contributed by atoms with van der Waals surface area (Å²) in [6, 6.07) is 0. The number of halogens is 1. The van der Waals surface area contributed by atoms with Gasteiger partial charge < -0.3 is 4.74 Å². The first kappa shape index (κ1) is 8.43. The smallest absolute Gasteiger partial charge is 0.114 e. The molecule has 0 aromatic heterocycles. The lowest BCUT2D eigenvalue weighted by atomic mass is 10.5. The maximum Gasteiger partial charge on any atom is 0.114 e. The minimum atomic E-state index is 0.550. The summed E-state index contributed by atoms with van der Waals surface area (Å²) in [5, 5.41) is 0. The zero-order valence-electron chi connectivity index (χ0n) is 5.22. The van der Waals surface area contributed by atoms with Crippen molar-refractivity contribution in [3.63, 3.8) is 0 Å². The van der Waals surface area contributed by atoms with Crippen LogP contribution >= 0.6 is 15.9 Å². The van der Waals surface area contributed by atoms with Gasteiger partial charge in [0.05, 0.1) is 7.11 Å². The van der Waals surface area contributed by atoms with Gasteiger partial charge in [-0.05, 0) is 22.6 Å². The Bertz CT molecular complexity index is 151. The summed E-state index contributed by atoms with van der Waals surface area (Å²) >= 11 is 3.11. The molecule has 0 spiro atoms. The first-order valence-corrected chi connectivity index (χ1v) is 3.07. The van der Waals surface area contributed by atoms with Gasteiger partial charge in [0.25, 0.3) is 0 Å². The van der Waals surface area contributed by atoms with Crippen molar-refractivity contribution >= 4 is 22.6 Å². The largest absolute Gasteiger partial charge is 0.497 e. The van der Waals surface area contributed by atoms with Gasteiger partial charge in [0.2, 0.25) is 0 Å². The molecule has 0 aromatic rings. The lowest BCUT2D eigenvalue weighted by Crippen LogP contribution is -1.77. The van der Waals surface area contributed by atoms with Crippen LogP contribution in [0.4, 0.5) is 0 Å². The van der Waals surface area contributed by atoms with Crippen molar-refractivity contribution in [2.24, 2.45) is 4.99 Å². The van der Waals surface area contributed by atoms with Gasteiger partial charge in [-0.25, -0.2) is 0 Å². The molecule has 0 aliphatic carbocycles. The molecule has 0 N–H and O–H groups in total. The monoisotopic (exact) mass is 189 g/mol. The van der Waals surface area contributed by atoms with Crippen LogP contribution in [-0.4, -0.2) is 13.8 Å². The SMILES string of the molecule is C=N/C(Br)=C\C(=C)OC. The zero-order chi connectivity index (χ0) is 7.28. The highest BCUT2D eigenvalue weighted by atomic mass is 79.9. The second-order valence-corrected chi connectivity index (χ2v) is 2.11. The normalized spacial score (nSPS) is 10.7. The van der Waals surface area contributed by atoms with Crippen LogP contribution in [0.3, 0.4) is 0 Å². The van der Waals surface area contributed by atoms with Crippen molar-refractivity contribution in [2.45, 2.75) is 0 Å². The number of hydrogen-bond acceptors (Lipinski definition) is 2. The van der Waals surface area contributed by atoms with E-state index in [1.165, 1.54) is 0 Å². The summed E-state index contributed by atoms with van der Waals surface area (Å²) < 4.78 is 5.35. The van der Waals surface area contributed by atoms with Crippen molar-refractivity contribution in [1.29, 1.82) is 0 Å². The maximum absolute atomic E-state index is 4.73. The minimum Gasteiger partial charge on any atom is -0.497 e. The second-order valence-electron chi connectivity index (χ2n) is 1.30. The van der Waals surface area contributed by atoms with E-state index in [2.05, 4.69) is 34.2 Å². The standard InChI is InChI=1S/C6H8BrNO/c1-5(9-3)4-6(7)8-2/h4H,1-2H2,3H3/b6-4-. The topological polar surface area (TPSA) is 21.6 Å². The third-order valence-corrected chi connectivity index (χ3v) is 1.17. The molecule has 0 aliphatic rings. The first-order chi connectivity index (χ1) is 4.20. The fourth-order valence-electron chi connectivity index (χ4n) is 0.237. The molecule has 0 heterocycles. The molecular formula is C6H8BrNO. The first-order valence-electron chi connectivity index (χ1n) is 2.27. The Morgan fingerprint density at radius 1 is 1.78 bits per heavy atom. The molecule has 0 saturated carbocycles. The van der Waals surface area contributed by atoms with E-state index in [0.29, 0.717) is 10.4 Å². The summed E-state index contributed by atoms with van der Waals surface area (Å²) in [6.45, 7) is 6.83. The molecule has 0 unspecified atom stereocenters. The van der Waals surface area contributed by atoms with E-state index in [9.17, 15) is 0 Å². The van der Waals surface area contributed by atoms with E-state index in [1.807, 2.05) is 0 Å². The fourth-order valence-corrected chi connectivity index (χ4v) is 0.493. The van der Waals surface area contributed by atoms with E-state index < -0.39 is 0 Å². The van der Waals surface area contributed by atoms with Crippen LogP contribution in [0.2, 0.25) is 0 Å². The number of rotatable bonds is 3. The predicted octanol–water partition coefficient (Wildman–Crippen LogP) is 2.08. The number of aliphatic imine (C=N–C) groups is 1. The Balaban J connectivity index is 3.94. The highest BCUT2D eigenvalue weighted by Gasteiger charge is 1.86. The zero-order valence-corrected chi connectivity index (χ0v) is 6.81. The van der Waals surface area contributed by atoms with Crippen LogP contribution in [0, 0.1) is 0 Å². The summed E-state index contributed by atoms with van der Waals surface area (Å²) in [5.41, 5.74) is 0. The summed E-state index contributed by atoms with van der Waals surface area (Å²) in [7, 11) is 1.54. The van der Waals surface area contributed by atoms with Gasteiger partial charge in [0, 0.05) is 6.08 Å². The Kier molecular flexibility index (Phi) is 4.05. The van der Waals surface area contributed by atoms with Crippen LogP contribution in [0.25, 0.3) is 0 Å². The summed E-state index contributed by atoms with van der Waals surface area (Å²) in [6.07, 6.45) is 1.63. The Hall–Kier alpha value is -0.570. The predicted molar refractivity (Wildman–Crippen MR) is 42.7 cm³/mol. The van der Waals surface area contributed by atoms with Crippen molar-refractivity contribution < 1.29 is 4.74 Å². The van der Waals surface area contributed by atoms with Crippen LogP contribution in [0.1, 0.15) is 0 Å². The van der Waals surface area contributed by atoms with E-state index in [0.717, 1.165) is 0 Å². The number of nitrogens with zero attached hydrogens (tertiary/aromatic N) is 1. The van der Waals surface area contributed by atoms with Crippen LogP contribution in [0.15, 0.2) is 28.0 Å². The van der Waals surface area contributed by atoms with Gasteiger partial charge >= 0.3 is 0 Å². The summed E-state index contributed by atoms with van der Waals surface area (Å²) in [4.78, 5) is 3.56. The van der Waals surface area contributed by atoms with Crippen molar-refractivity contribution in [3.8, 4) is 0 Å². The van der Waals surface area contributed by atoms with E-state index in [4.69, 9.17) is 4.74 Å². The van der Waals surface area contributed by atoms with E-state index in [-0.39, 0.29) is 0 Å². The molecule has 3 heteroatoms. The molecule has 50 valence electrons. The second kappa shape index (κ2) is 4.32. The van der Waals surface area contributed by atoms with Crippen molar-refractivity contribution in [2.75, 3.05) is 7.11 Å². The van der Waals surface area contributed by atoms with Gasteiger partial charge in [0.1, 0.15) is 10.4 Å². The molecular weight excluding hydrogens is 182 g/mol. The fraction of sp³-hybridized carbons (Fsp3) is 0.167. The maximum atomic E-state index is 4.73. The molecule has 0 aliphatic heterocycles. The van der Waals surface area contributed by atoms with Crippen molar-refractivity contribution in [3.05, 3.63) is 23.0 Å². The molecule has 0 rings (SSSR count). The highest BCUT2D eigenvalue weighted by Crippen LogP contribution is 2.08. The van der Waals surface area contributed by atoms with Gasteiger partial charge in [-0.15, -0.1) is 0 Å². The van der Waals surface area contributed by atoms with E-state index in [1.54, 1.807) is 13.2 Å². The number of allylic oxidation sites excluding steroid dienone is 1. The Labute approximate surface area is 63.1 Å². The third kappa shape index (κ3) is 3.97. The number of ether oxygens (including phenoxy) is 1. The third-order valence-electron chi connectivity index (χ3n) is 0.693. The molecule has 0 radical (unpaired) electrons. The Morgan fingerprint density at radius 3 is 2.67 bits per heavy atom. The van der Waals surface area contributed by atoms with Crippen LogP contribution in [0.5, 0.6) is 0 Å². The molecule has 0 saturated heterocycles. The van der Waals surface area contributed by atoms with Gasteiger partial charge in [-0.3, -0.25) is 4.99 Å². The lowest BCUT2D eigenvalue weighted by molar-refractivity contribution is 0.308. The minimum absolute atomic E-state index is 0.550. The highest BCUT2D eigenvalue weighted by molar-refractivity contribution is 9.11. The molecule has 0 atom stereocenters. The van der Waals surface area contributed by atoms with Gasteiger partial charge in [-0.2, -0.15) is 0 Å². The molecule has 0 bridgehead atoms. The van der Waals surface area contributed by atoms with Crippen molar-refractivity contribution in [1.82, 2.24) is 0 Å². The van der Waals surface area contributed by atoms with Gasteiger partial charge in [0.15, 0.2) is 0 Å². The van der Waals surface area contributed by atoms with Gasteiger partial charge in [-0.1, -0.05) is 6.58 Å². The lowest BCUT2D eigenvalue weighted by Gasteiger charge is -1.94. The molecule has 2 nitrogen and oxygen atoms in total. The Morgan fingerprint density at radius 2 is 2.33 bits per heavy atom. The van der Waals surface area contributed by atoms with Crippen LogP contribution in [-0.2, 0) is 4.74 Å². The molecule has 9 heavy (non-hydrogen) atoms. The quantitative estimate of drug-likeness (QED) is 0.289. The number of hydrogen-bond donors (Lipinski definition) is 0. The average Bonchev–Trinajstić information content (AvgIpc) is 1.87. The molecule has 0 aromatic carbocycles. The van der Waals surface area contributed by atoms with Crippen LogP contribution < -0.4 is 0 Å².